The molecule has 0 spiro atoms. The summed E-state index contributed by atoms with van der Waals surface area (Å²) >= 11 is 0.0305. The zero-order valence-corrected chi connectivity index (χ0v) is 18.1. The molecule has 3 rings (SSSR count). The van der Waals surface area contributed by atoms with Crippen LogP contribution in [0.2, 0.25) is 0 Å². The molecule has 0 atom stereocenters. The summed E-state index contributed by atoms with van der Waals surface area (Å²) in [7, 11) is 0. The molecule has 6 heteroatoms. The van der Waals surface area contributed by atoms with E-state index in [1.54, 1.807) is 0 Å². The molecule has 0 fully saturated rings. The lowest BCUT2D eigenvalue weighted by molar-refractivity contribution is 0.430. The molecular formula is C26H19F4NS. The van der Waals surface area contributed by atoms with E-state index in [1.807, 2.05) is 24.3 Å². The van der Waals surface area contributed by atoms with E-state index in [9.17, 15) is 17.6 Å². The Labute approximate surface area is 189 Å². The molecule has 0 radical (unpaired) electrons. The first-order valence-corrected chi connectivity index (χ1v) is 10.9. The molecule has 0 bridgehead atoms. The van der Waals surface area contributed by atoms with E-state index < -0.39 is 33.7 Å². The van der Waals surface area contributed by atoms with Gasteiger partial charge in [0.1, 0.15) is 5.40 Å². The Hall–Kier alpha value is -3.22. The summed E-state index contributed by atoms with van der Waals surface area (Å²) in [5.74, 6) is -0.275. The van der Waals surface area contributed by atoms with Crippen LogP contribution < -0.4 is 0 Å². The van der Waals surface area contributed by atoms with Crippen LogP contribution >= 0.6 is 11.8 Å². The average Bonchev–Trinajstić information content (AvgIpc) is 2.81. The van der Waals surface area contributed by atoms with Gasteiger partial charge in [0.15, 0.2) is 23.3 Å². The van der Waals surface area contributed by atoms with Crippen molar-refractivity contribution in [2.45, 2.75) is 37.5 Å². The van der Waals surface area contributed by atoms with E-state index in [4.69, 9.17) is 5.26 Å². The third-order valence-electron chi connectivity index (χ3n) is 4.92. The van der Waals surface area contributed by atoms with Crippen molar-refractivity contribution in [2.24, 2.45) is 0 Å². The van der Waals surface area contributed by atoms with Gasteiger partial charge in [0, 0.05) is 11.1 Å². The summed E-state index contributed by atoms with van der Waals surface area (Å²) in [6.45, 7) is 2.17. The summed E-state index contributed by atoms with van der Waals surface area (Å²) in [5.41, 5.74) is 1.82. The molecule has 0 saturated heterocycles. The van der Waals surface area contributed by atoms with E-state index in [0.717, 1.165) is 18.4 Å². The van der Waals surface area contributed by atoms with Crippen LogP contribution in [0.3, 0.4) is 0 Å². The Morgan fingerprint density at radius 2 is 1.28 bits per heavy atom. The van der Waals surface area contributed by atoms with Crippen molar-refractivity contribution in [3.63, 3.8) is 0 Å². The SMILES string of the molecule is CCCCCc1ccc(C#Cc2ccc(-c3c(F)c(F)c(SC#N)c(F)c3F)cc2)cc1. The molecule has 0 aliphatic carbocycles. The van der Waals surface area contributed by atoms with Crippen LogP contribution in [0.1, 0.15) is 42.9 Å². The number of thiocyanates is 1. The molecule has 0 aromatic heterocycles. The van der Waals surface area contributed by atoms with Crippen molar-refractivity contribution in [3.05, 3.63) is 88.5 Å². The zero-order chi connectivity index (χ0) is 23.1. The van der Waals surface area contributed by atoms with Crippen molar-refractivity contribution < 1.29 is 17.6 Å². The number of hydrogen-bond acceptors (Lipinski definition) is 2. The third kappa shape index (κ3) is 5.33. The van der Waals surface area contributed by atoms with Crippen molar-refractivity contribution >= 4 is 11.8 Å². The molecule has 1 nitrogen and oxygen atoms in total. The van der Waals surface area contributed by atoms with Crippen molar-refractivity contribution in [3.8, 4) is 28.4 Å². The van der Waals surface area contributed by atoms with Crippen LogP contribution in [0.15, 0.2) is 53.4 Å². The van der Waals surface area contributed by atoms with Gasteiger partial charge in [0.05, 0.1) is 10.5 Å². The number of halogens is 4. The Balaban J connectivity index is 1.81. The van der Waals surface area contributed by atoms with Crippen LogP contribution in [0.25, 0.3) is 11.1 Å². The number of aryl methyl sites for hydroxylation is 1. The van der Waals surface area contributed by atoms with Gasteiger partial charge in [0.25, 0.3) is 0 Å². The number of benzene rings is 3. The molecule has 3 aromatic carbocycles. The van der Waals surface area contributed by atoms with Gasteiger partial charge in [-0.3, -0.25) is 0 Å². The maximum Gasteiger partial charge on any atom is 0.177 e. The molecule has 3 aromatic rings. The van der Waals surface area contributed by atoms with Gasteiger partial charge in [-0.25, -0.2) is 17.6 Å². The smallest absolute Gasteiger partial charge is 0.177 e. The van der Waals surface area contributed by atoms with Crippen LogP contribution in [0.4, 0.5) is 17.6 Å². The molecular weight excluding hydrogens is 434 g/mol. The summed E-state index contributed by atoms with van der Waals surface area (Å²) < 4.78 is 57.0. The van der Waals surface area contributed by atoms with E-state index in [1.165, 1.54) is 48.1 Å². The fraction of sp³-hybridized carbons (Fsp3) is 0.192. The van der Waals surface area contributed by atoms with Crippen molar-refractivity contribution in [2.75, 3.05) is 0 Å². The van der Waals surface area contributed by atoms with E-state index in [2.05, 4.69) is 18.8 Å². The molecule has 0 unspecified atom stereocenters. The zero-order valence-electron chi connectivity index (χ0n) is 17.3. The molecule has 0 heterocycles. The fourth-order valence-corrected chi connectivity index (χ4v) is 3.65. The van der Waals surface area contributed by atoms with Crippen LogP contribution in [-0.4, -0.2) is 0 Å². The minimum absolute atomic E-state index is 0.0305. The molecule has 0 amide bonds. The topological polar surface area (TPSA) is 23.8 Å². The first-order valence-electron chi connectivity index (χ1n) is 10.1. The number of nitriles is 1. The number of rotatable bonds is 6. The largest absolute Gasteiger partial charge is 0.203 e. The number of unbranched alkanes of at least 4 members (excludes halogenated alkanes) is 2. The normalized spacial score (nSPS) is 10.4. The van der Waals surface area contributed by atoms with Crippen molar-refractivity contribution in [1.82, 2.24) is 0 Å². The maximum absolute atomic E-state index is 14.4. The van der Waals surface area contributed by atoms with E-state index >= 15 is 0 Å². The summed E-state index contributed by atoms with van der Waals surface area (Å²) in [6.07, 6.45) is 4.57. The maximum atomic E-state index is 14.4. The first kappa shape index (κ1) is 23.4. The van der Waals surface area contributed by atoms with Gasteiger partial charge in [-0.1, -0.05) is 55.9 Å². The Morgan fingerprint density at radius 1 is 0.750 bits per heavy atom. The van der Waals surface area contributed by atoms with Gasteiger partial charge in [-0.2, -0.15) is 5.26 Å². The van der Waals surface area contributed by atoms with Gasteiger partial charge >= 0.3 is 0 Å². The van der Waals surface area contributed by atoms with Crippen LogP contribution in [-0.2, 0) is 6.42 Å². The van der Waals surface area contributed by atoms with Gasteiger partial charge < -0.3 is 0 Å². The second kappa shape index (κ2) is 10.9. The highest BCUT2D eigenvalue weighted by molar-refractivity contribution is 8.03. The van der Waals surface area contributed by atoms with Gasteiger partial charge in [-0.05, 0) is 60.0 Å². The van der Waals surface area contributed by atoms with E-state index in [-0.39, 0.29) is 17.3 Å². The van der Waals surface area contributed by atoms with E-state index in [0.29, 0.717) is 5.56 Å². The van der Waals surface area contributed by atoms with Crippen LogP contribution in [0, 0.1) is 45.8 Å². The summed E-state index contributed by atoms with van der Waals surface area (Å²) in [4.78, 5) is -0.995. The molecule has 162 valence electrons. The summed E-state index contributed by atoms with van der Waals surface area (Å²) in [6, 6.07) is 13.7. The standard InChI is InChI=1S/C26H19F4NS/c1-2-3-4-5-17-6-8-18(9-7-17)10-11-19-12-14-20(15-13-19)21-22(27)24(29)26(32-16-31)25(30)23(21)28/h6-9,12-15H,2-5H2,1H3. The van der Waals surface area contributed by atoms with Gasteiger partial charge in [0.2, 0.25) is 0 Å². The number of thioether (sulfide) groups is 1. The molecule has 0 saturated carbocycles. The molecule has 32 heavy (non-hydrogen) atoms. The predicted octanol–water partition coefficient (Wildman–Crippen LogP) is 7.62. The minimum atomic E-state index is -1.59. The minimum Gasteiger partial charge on any atom is -0.203 e. The second-order valence-electron chi connectivity index (χ2n) is 7.13. The number of hydrogen-bond donors (Lipinski definition) is 0. The lowest BCUT2D eigenvalue weighted by Gasteiger charge is -2.10. The van der Waals surface area contributed by atoms with Crippen LogP contribution in [0.5, 0.6) is 0 Å². The Bertz CT molecular complexity index is 1170. The molecule has 0 aliphatic rings. The lowest BCUT2D eigenvalue weighted by atomic mass is 10.0. The first-order chi connectivity index (χ1) is 15.5. The monoisotopic (exact) mass is 453 g/mol. The fourth-order valence-electron chi connectivity index (χ4n) is 3.20. The number of nitrogens with zero attached hydrogens (tertiary/aromatic N) is 1. The summed E-state index contributed by atoms with van der Waals surface area (Å²) in [5, 5.41) is 10.00. The highest BCUT2D eigenvalue weighted by Gasteiger charge is 2.26. The highest BCUT2D eigenvalue weighted by atomic mass is 32.2. The Morgan fingerprint density at radius 3 is 1.78 bits per heavy atom. The average molecular weight is 454 g/mol. The predicted molar refractivity (Wildman–Crippen MR) is 119 cm³/mol. The third-order valence-corrected chi connectivity index (χ3v) is 5.57. The molecule has 0 N–H and O–H groups in total. The molecule has 0 aliphatic heterocycles. The Kier molecular flexibility index (Phi) is 7.98. The quantitative estimate of drug-likeness (QED) is 0.0957. The lowest BCUT2D eigenvalue weighted by Crippen LogP contribution is -2.02. The van der Waals surface area contributed by atoms with Gasteiger partial charge in [-0.15, -0.1) is 0 Å². The second-order valence-corrected chi connectivity index (χ2v) is 7.93. The highest BCUT2D eigenvalue weighted by Crippen LogP contribution is 2.36. The van der Waals surface area contributed by atoms with Crippen molar-refractivity contribution in [1.29, 1.82) is 5.26 Å².